The average Bonchev–Trinajstić information content (AvgIpc) is 2.90. The first-order valence-corrected chi connectivity index (χ1v) is 8.16. The molecule has 2 rings (SSSR count). The lowest BCUT2D eigenvalue weighted by Crippen LogP contribution is -2.36. The molecule has 0 saturated heterocycles. The van der Waals surface area contributed by atoms with Crippen LogP contribution in [0.1, 0.15) is 16.8 Å². The number of aryl methyl sites for hydroxylation is 2. The molecule has 0 saturated carbocycles. The summed E-state index contributed by atoms with van der Waals surface area (Å²) < 4.78 is 12.4. The van der Waals surface area contributed by atoms with E-state index in [4.69, 9.17) is 21.7 Å². The van der Waals surface area contributed by atoms with Gasteiger partial charge in [0.15, 0.2) is 16.6 Å². The molecule has 0 unspecified atom stereocenters. The summed E-state index contributed by atoms with van der Waals surface area (Å²) in [7, 11) is 5.18. The van der Waals surface area contributed by atoms with Gasteiger partial charge in [-0.3, -0.25) is 4.68 Å². The fourth-order valence-electron chi connectivity index (χ4n) is 2.42. The summed E-state index contributed by atoms with van der Waals surface area (Å²) in [5, 5.41) is 11.4. The highest BCUT2D eigenvalue weighted by atomic mass is 32.1. The lowest BCUT2D eigenvalue weighted by Gasteiger charge is -2.12. The Kier molecular flexibility index (Phi) is 6.43. The molecular weight excluding hydrogens is 324 g/mol. The van der Waals surface area contributed by atoms with Crippen LogP contribution in [0.2, 0.25) is 0 Å². The second-order valence-electron chi connectivity index (χ2n) is 5.46. The maximum atomic E-state index is 5.31. The number of thiocarbonyl (C=S) groups is 1. The van der Waals surface area contributed by atoms with Crippen LogP contribution < -0.4 is 20.1 Å². The van der Waals surface area contributed by atoms with Crippen molar-refractivity contribution >= 4 is 17.3 Å². The second kappa shape index (κ2) is 8.54. The molecule has 0 aliphatic rings. The molecule has 7 heteroatoms. The quantitative estimate of drug-likeness (QED) is 0.746. The Hall–Kier alpha value is -2.28. The van der Waals surface area contributed by atoms with Crippen LogP contribution in [0.15, 0.2) is 24.4 Å². The first kappa shape index (κ1) is 18.1. The molecule has 0 aliphatic heterocycles. The zero-order chi connectivity index (χ0) is 17.5. The van der Waals surface area contributed by atoms with Gasteiger partial charge >= 0.3 is 0 Å². The number of rotatable bonds is 7. The van der Waals surface area contributed by atoms with E-state index < -0.39 is 0 Å². The third kappa shape index (κ3) is 4.86. The van der Waals surface area contributed by atoms with E-state index in [1.807, 2.05) is 38.4 Å². The smallest absolute Gasteiger partial charge is 0.166 e. The van der Waals surface area contributed by atoms with Gasteiger partial charge in [0.25, 0.3) is 0 Å². The average molecular weight is 348 g/mol. The van der Waals surface area contributed by atoms with Crippen molar-refractivity contribution in [3.63, 3.8) is 0 Å². The zero-order valence-corrected chi connectivity index (χ0v) is 15.4. The molecule has 0 fully saturated rings. The summed E-state index contributed by atoms with van der Waals surface area (Å²) in [6.45, 7) is 3.40. The molecule has 2 N–H and O–H groups in total. The number of methoxy groups -OCH3 is 2. The van der Waals surface area contributed by atoms with Gasteiger partial charge in [0.1, 0.15) is 0 Å². The van der Waals surface area contributed by atoms with E-state index >= 15 is 0 Å². The van der Waals surface area contributed by atoms with Crippen LogP contribution in [0, 0.1) is 6.92 Å². The molecule has 24 heavy (non-hydrogen) atoms. The molecule has 1 heterocycles. The standard InChI is InChI=1S/C17H24N4O2S/c1-12-14(11-21(2)20-12)10-19-17(24)18-8-7-13-5-6-15(22-3)16(9-13)23-4/h5-6,9,11H,7-8,10H2,1-4H3,(H2,18,19,24). The third-order valence-electron chi connectivity index (χ3n) is 3.70. The molecular formula is C17H24N4O2S. The van der Waals surface area contributed by atoms with Crippen LogP contribution in [0.5, 0.6) is 11.5 Å². The Morgan fingerprint density at radius 1 is 1.21 bits per heavy atom. The molecule has 0 radical (unpaired) electrons. The second-order valence-corrected chi connectivity index (χ2v) is 5.87. The molecule has 0 spiro atoms. The SMILES string of the molecule is COc1ccc(CCNC(=S)NCc2cn(C)nc2C)cc1OC. The molecule has 6 nitrogen and oxygen atoms in total. The van der Waals surface area contributed by atoms with Gasteiger partial charge in [0.05, 0.1) is 19.9 Å². The zero-order valence-electron chi connectivity index (χ0n) is 14.5. The number of hydrogen-bond acceptors (Lipinski definition) is 4. The minimum atomic E-state index is 0.638. The number of nitrogens with one attached hydrogen (secondary N) is 2. The van der Waals surface area contributed by atoms with Crippen molar-refractivity contribution < 1.29 is 9.47 Å². The lowest BCUT2D eigenvalue weighted by molar-refractivity contribution is 0.354. The van der Waals surface area contributed by atoms with Crippen LogP contribution in [0.3, 0.4) is 0 Å². The highest BCUT2D eigenvalue weighted by Crippen LogP contribution is 2.27. The van der Waals surface area contributed by atoms with Crippen LogP contribution in [0.4, 0.5) is 0 Å². The van der Waals surface area contributed by atoms with Gasteiger partial charge in [-0.25, -0.2) is 0 Å². The van der Waals surface area contributed by atoms with Crippen molar-refractivity contribution in [3.05, 3.63) is 41.2 Å². The summed E-state index contributed by atoms with van der Waals surface area (Å²) in [6, 6.07) is 5.92. The molecule has 2 aromatic rings. The van der Waals surface area contributed by atoms with Crippen LogP contribution >= 0.6 is 12.2 Å². The highest BCUT2D eigenvalue weighted by molar-refractivity contribution is 7.80. The van der Waals surface area contributed by atoms with E-state index in [1.165, 1.54) is 0 Å². The summed E-state index contributed by atoms with van der Waals surface area (Å²) in [5.41, 5.74) is 3.31. The van der Waals surface area contributed by atoms with Gasteiger partial charge < -0.3 is 20.1 Å². The van der Waals surface area contributed by atoms with E-state index in [0.29, 0.717) is 11.7 Å². The number of benzene rings is 1. The van der Waals surface area contributed by atoms with E-state index in [-0.39, 0.29) is 0 Å². The highest BCUT2D eigenvalue weighted by Gasteiger charge is 2.06. The van der Waals surface area contributed by atoms with Crippen molar-refractivity contribution in [1.29, 1.82) is 0 Å². The molecule has 0 aliphatic carbocycles. The van der Waals surface area contributed by atoms with Gasteiger partial charge in [-0.05, 0) is 43.3 Å². The Labute approximate surface area is 148 Å². The van der Waals surface area contributed by atoms with Crippen LogP contribution in [-0.4, -0.2) is 35.7 Å². The Morgan fingerprint density at radius 2 is 1.96 bits per heavy atom. The van der Waals surface area contributed by atoms with Gasteiger partial charge in [0.2, 0.25) is 0 Å². The van der Waals surface area contributed by atoms with E-state index in [9.17, 15) is 0 Å². The monoisotopic (exact) mass is 348 g/mol. The largest absolute Gasteiger partial charge is 0.493 e. The van der Waals surface area contributed by atoms with Gasteiger partial charge in [-0.15, -0.1) is 0 Å². The van der Waals surface area contributed by atoms with Crippen LogP contribution in [-0.2, 0) is 20.0 Å². The summed E-state index contributed by atoms with van der Waals surface area (Å²) in [6.07, 6.45) is 2.84. The first-order valence-electron chi connectivity index (χ1n) is 7.75. The summed E-state index contributed by atoms with van der Waals surface area (Å²) in [4.78, 5) is 0. The minimum absolute atomic E-state index is 0.638. The first-order chi connectivity index (χ1) is 11.5. The third-order valence-corrected chi connectivity index (χ3v) is 3.99. The van der Waals surface area contributed by atoms with E-state index in [2.05, 4.69) is 15.7 Å². The fraction of sp³-hybridized carbons (Fsp3) is 0.412. The van der Waals surface area contributed by atoms with Gasteiger partial charge in [-0.2, -0.15) is 5.10 Å². The maximum absolute atomic E-state index is 5.31. The predicted octanol–water partition coefficient (Wildman–Crippen LogP) is 1.95. The molecule has 130 valence electrons. The van der Waals surface area contributed by atoms with E-state index in [1.54, 1.807) is 18.9 Å². The van der Waals surface area contributed by atoms with Gasteiger partial charge in [0, 0.05) is 31.9 Å². The molecule has 0 amide bonds. The number of ether oxygens (including phenoxy) is 2. The van der Waals surface area contributed by atoms with Crippen molar-refractivity contribution in [2.75, 3.05) is 20.8 Å². The van der Waals surface area contributed by atoms with Crippen molar-refractivity contribution in [2.24, 2.45) is 7.05 Å². The summed E-state index contributed by atoms with van der Waals surface area (Å²) in [5.74, 6) is 1.47. The molecule has 1 aromatic carbocycles. The lowest BCUT2D eigenvalue weighted by atomic mass is 10.1. The van der Waals surface area contributed by atoms with Gasteiger partial charge in [-0.1, -0.05) is 6.07 Å². The van der Waals surface area contributed by atoms with Crippen molar-refractivity contribution in [2.45, 2.75) is 19.9 Å². The number of nitrogens with zero attached hydrogens (tertiary/aromatic N) is 2. The number of aromatic nitrogens is 2. The Balaban J connectivity index is 1.77. The molecule has 1 aromatic heterocycles. The maximum Gasteiger partial charge on any atom is 0.166 e. The van der Waals surface area contributed by atoms with Crippen molar-refractivity contribution in [3.8, 4) is 11.5 Å². The van der Waals surface area contributed by atoms with Crippen molar-refractivity contribution in [1.82, 2.24) is 20.4 Å². The topological polar surface area (TPSA) is 60.3 Å². The number of hydrogen-bond donors (Lipinski definition) is 2. The fourth-order valence-corrected chi connectivity index (χ4v) is 2.59. The Morgan fingerprint density at radius 3 is 2.58 bits per heavy atom. The molecule has 0 bridgehead atoms. The molecule has 0 atom stereocenters. The minimum Gasteiger partial charge on any atom is -0.493 e. The predicted molar refractivity (Wildman–Crippen MR) is 98.6 cm³/mol. The summed E-state index contributed by atoms with van der Waals surface area (Å²) >= 11 is 5.31. The Bertz CT molecular complexity index is 700. The van der Waals surface area contributed by atoms with Crippen LogP contribution in [0.25, 0.3) is 0 Å². The van der Waals surface area contributed by atoms with E-state index in [0.717, 1.165) is 41.3 Å². The normalized spacial score (nSPS) is 10.3.